The molecule has 4 aromatic carbocycles. The second-order valence-electron chi connectivity index (χ2n) is 11.1. The number of ether oxygens (including phenoxy) is 2. The maximum Gasteiger partial charge on any atom is 0.266 e. The Labute approximate surface area is 273 Å². The molecule has 0 saturated heterocycles. The van der Waals surface area contributed by atoms with E-state index in [0.717, 1.165) is 38.5 Å². The van der Waals surface area contributed by atoms with Gasteiger partial charge in [0, 0.05) is 40.0 Å². The van der Waals surface area contributed by atoms with E-state index in [1.165, 1.54) is 11.1 Å². The molecule has 1 aliphatic heterocycles. The molecule has 0 radical (unpaired) electrons. The van der Waals surface area contributed by atoms with Crippen LogP contribution < -0.4 is 15.6 Å². The van der Waals surface area contributed by atoms with Gasteiger partial charge < -0.3 is 14.6 Å². The molecule has 0 spiro atoms. The average molecular weight is 719 g/mol. The van der Waals surface area contributed by atoms with Gasteiger partial charge in [-0.25, -0.2) is 10.4 Å². The molecule has 6 rings (SSSR count). The minimum absolute atomic E-state index is 0.0746. The molecule has 0 saturated carbocycles. The van der Waals surface area contributed by atoms with E-state index in [-0.39, 0.29) is 18.6 Å². The van der Waals surface area contributed by atoms with E-state index in [1.54, 1.807) is 0 Å². The van der Waals surface area contributed by atoms with Crippen molar-refractivity contribution in [3.05, 3.63) is 134 Å². The molecular weight excluding hydrogens is 686 g/mol. The predicted molar refractivity (Wildman–Crippen MR) is 178 cm³/mol. The molecule has 1 aliphatic carbocycles. The van der Waals surface area contributed by atoms with Crippen LogP contribution in [0.1, 0.15) is 40.3 Å². The smallest absolute Gasteiger partial charge is 0.266 e. The minimum atomic E-state index is -1.30. The summed E-state index contributed by atoms with van der Waals surface area (Å²) in [7, 11) is 0. The van der Waals surface area contributed by atoms with Crippen molar-refractivity contribution < 1.29 is 19.4 Å². The van der Waals surface area contributed by atoms with Gasteiger partial charge in [0.15, 0.2) is 11.6 Å². The molecule has 2 aliphatic rings. The van der Waals surface area contributed by atoms with Crippen molar-refractivity contribution >= 4 is 43.7 Å². The topological polar surface area (TPSA) is 92.2 Å². The predicted octanol–water partition coefficient (Wildman–Crippen LogP) is 6.26. The van der Waals surface area contributed by atoms with Crippen LogP contribution in [-0.4, -0.2) is 41.7 Å². The van der Waals surface area contributed by atoms with Crippen molar-refractivity contribution in [1.29, 1.82) is 0 Å². The lowest BCUT2D eigenvalue weighted by Crippen LogP contribution is -2.56. The highest BCUT2D eigenvalue weighted by atomic mass is 79.9. The Morgan fingerprint density at radius 2 is 1.55 bits per heavy atom. The maximum absolute atomic E-state index is 14.5. The second-order valence-corrected chi connectivity index (χ2v) is 12.9. The van der Waals surface area contributed by atoms with Crippen LogP contribution in [0.15, 0.2) is 111 Å². The molecule has 0 fully saturated rings. The number of nitrogens with zero attached hydrogens (tertiary/aromatic N) is 1. The van der Waals surface area contributed by atoms with E-state index in [2.05, 4.69) is 67.0 Å². The van der Waals surface area contributed by atoms with E-state index in [1.807, 2.05) is 72.8 Å². The Kier molecular flexibility index (Phi) is 9.47. The van der Waals surface area contributed by atoms with Crippen LogP contribution in [0.3, 0.4) is 0 Å². The van der Waals surface area contributed by atoms with Gasteiger partial charge in [0.1, 0.15) is 5.75 Å². The first-order chi connectivity index (χ1) is 21.4. The van der Waals surface area contributed by atoms with Crippen LogP contribution in [0.2, 0.25) is 0 Å². The van der Waals surface area contributed by atoms with Gasteiger partial charge in [-0.15, -0.1) is 0 Å². The molecule has 3 N–H and O–H groups in total. The van der Waals surface area contributed by atoms with Gasteiger partial charge in [0.25, 0.3) is 5.91 Å². The number of rotatable bonds is 11. The largest absolute Gasteiger partial charge is 0.494 e. The molecule has 2 atom stereocenters. The highest BCUT2D eigenvalue weighted by molar-refractivity contribution is 9.10. The first-order valence-corrected chi connectivity index (χ1v) is 16.3. The average Bonchev–Trinajstić information content (AvgIpc) is 3.64. The van der Waals surface area contributed by atoms with Crippen molar-refractivity contribution in [3.8, 4) is 5.75 Å². The Bertz CT molecular complexity index is 1600. The number of aliphatic hydroxyl groups is 1. The van der Waals surface area contributed by atoms with Crippen LogP contribution in [0.25, 0.3) is 0 Å². The van der Waals surface area contributed by atoms with Gasteiger partial charge in [-0.05, 0) is 83.6 Å². The normalized spacial score (nSPS) is 19.2. The van der Waals surface area contributed by atoms with Crippen molar-refractivity contribution in [2.45, 2.75) is 43.4 Å². The summed E-state index contributed by atoms with van der Waals surface area (Å²) < 4.78 is 14.2. The van der Waals surface area contributed by atoms with Crippen LogP contribution in [-0.2, 0) is 28.8 Å². The Morgan fingerprint density at radius 3 is 2.18 bits per heavy atom. The molecule has 1 heterocycles. The lowest BCUT2D eigenvalue weighted by Gasteiger charge is -2.31. The number of nitrogens with one attached hydrogen (secondary N) is 2. The lowest BCUT2D eigenvalue weighted by atomic mass is 9.82. The van der Waals surface area contributed by atoms with E-state index in [0.29, 0.717) is 31.1 Å². The SMILES string of the molecule is O=C(NNC1Cc2ccccc2C1)[C@@]1(Cc2ccc(Br)cc2)N=C(c2ccc(OCCCO)cc2)O[C@H]1c1ccc(Br)cc1. The van der Waals surface area contributed by atoms with Gasteiger partial charge >= 0.3 is 0 Å². The van der Waals surface area contributed by atoms with Gasteiger partial charge in [-0.2, -0.15) is 0 Å². The zero-order valence-electron chi connectivity index (χ0n) is 24.0. The molecule has 1 amide bonds. The zero-order valence-corrected chi connectivity index (χ0v) is 27.2. The molecule has 9 heteroatoms. The molecule has 0 bridgehead atoms. The fourth-order valence-electron chi connectivity index (χ4n) is 5.77. The molecule has 0 aromatic heterocycles. The van der Waals surface area contributed by atoms with Crippen LogP contribution in [0.4, 0.5) is 0 Å². The number of amides is 1. The molecule has 7 nitrogen and oxygen atoms in total. The lowest BCUT2D eigenvalue weighted by molar-refractivity contribution is -0.130. The Morgan fingerprint density at radius 1 is 0.909 bits per heavy atom. The maximum atomic E-state index is 14.5. The molecular formula is C35H33Br2N3O4. The minimum Gasteiger partial charge on any atom is -0.494 e. The number of carbonyl (C=O) groups excluding carboxylic acids is 1. The fraction of sp³-hybridized carbons (Fsp3) is 0.257. The number of hydrogen-bond donors (Lipinski definition) is 3. The van der Waals surface area contributed by atoms with Crippen LogP contribution >= 0.6 is 31.9 Å². The van der Waals surface area contributed by atoms with Gasteiger partial charge in [-0.3, -0.25) is 10.2 Å². The Balaban J connectivity index is 1.34. The standard InChI is InChI=1S/C35H33Br2N3O4/c36-28-12-6-23(7-13-28)22-35(34(42)40-39-30-20-26-4-1-2-5-27(26)21-30)32(24-8-14-29(37)15-9-24)44-33(38-35)25-10-16-31(17-11-25)43-19-3-18-41/h1-2,4-17,30,32,39,41H,3,18-22H2,(H,40,42)/t32-,35-/m0/s1. The second kappa shape index (κ2) is 13.6. The number of aliphatic hydroxyl groups excluding tert-OH is 1. The summed E-state index contributed by atoms with van der Waals surface area (Å²) in [6.07, 6.45) is 1.87. The summed E-state index contributed by atoms with van der Waals surface area (Å²) in [5, 5.41) is 9.07. The highest BCUT2D eigenvalue weighted by Gasteiger charge is 2.53. The number of carbonyl (C=O) groups is 1. The van der Waals surface area contributed by atoms with Crippen LogP contribution in [0, 0.1) is 0 Å². The quantitative estimate of drug-likeness (QED) is 0.126. The van der Waals surface area contributed by atoms with E-state index < -0.39 is 11.6 Å². The number of halogens is 2. The van der Waals surface area contributed by atoms with E-state index in [9.17, 15) is 4.79 Å². The number of benzene rings is 4. The monoisotopic (exact) mass is 717 g/mol. The summed E-state index contributed by atoms with van der Waals surface area (Å²) >= 11 is 7.06. The summed E-state index contributed by atoms with van der Waals surface area (Å²) in [5.74, 6) is 0.814. The summed E-state index contributed by atoms with van der Waals surface area (Å²) in [5.41, 5.74) is 10.2. The van der Waals surface area contributed by atoms with E-state index in [4.69, 9.17) is 19.6 Å². The number of hydrazine groups is 1. The third kappa shape index (κ3) is 6.76. The number of aliphatic imine (C=N–C) groups is 1. The molecule has 44 heavy (non-hydrogen) atoms. The summed E-state index contributed by atoms with van der Waals surface area (Å²) in [6.45, 7) is 0.500. The molecule has 226 valence electrons. The van der Waals surface area contributed by atoms with Crippen molar-refractivity contribution in [2.24, 2.45) is 4.99 Å². The van der Waals surface area contributed by atoms with Gasteiger partial charge in [0.05, 0.1) is 6.61 Å². The van der Waals surface area contributed by atoms with Crippen LogP contribution in [0.5, 0.6) is 5.75 Å². The first-order valence-electron chi connectivity index (χ1n) is 14.7. The number of fused-ring (bicyclic) bond motifs is 1. The first kappa shape index (κ1) is 30.5. The van der Waals surface area contributed by atoms with E-state index >= 15 is 0 Å². The zero-order chi connectivity index (χ0) is 30.5. The van der Waals surface area contributed by atoms with Crippen molar-refractivity contribution in [2.75, 3.05) is 13.2 Å². The third-order valence-electron chi connectivity index (χ3n) is 8.03. The summed E-state index contributed by atoms with van der Waals surface area (Å²) in [6, 6.07) is 31.7. The highest BCUT2D eigenvalue weighted by Crippen LogP contribution is 2.43. The fourth-order valence-corrected chi connectivity index (χ4v) is 6.30. The van der Waals surface area contributed by atoms with Crippen molar-refractivity contribution in [3.63, 3.8) is 0 Å². The molecule has 4 aromatic rings. The molecule has 0 unspecified atom stereocenters. The van der Waals surface area contributed by atoms with Gasteiger partial charge in [-0.1, -0.05) is 80.4 Å². The van der Waals surface area contributed by atoms with Crippen molar-refractivity contribution in [1.82, 2.24) is 10.9 Å². The summed E-state index contributed by atoms with van der Waals surface area (Å²) in [4.78, 5) is 19.6. The van der Waals surface area contributed by atoms with Gasteiger partial charge in [0.2, 0.25) is 5.90 Å². The number of hydrogen-bond acceptors (Lipinski definition) is 6. The third-order valence-corrected chi connectivity index (χ3v) is 9.09. The Hall–Kier alpha value is -3.50.